The maximum Gasteiger partial charge on any atom is 0.275 e. The molecule has 8 nitrogen and oxygen atoms in total. The quantitative estimate of drug-likeness (QED) is 0.788. The van der Waals surface area contributed by atoms with Crippen molar-refractivity contribution in [3.05, 3.63) is 28.9 Å². The molecule has 0 radical (unpaired) electrons. The fourth-order valence-electron chi connectivity index (χ4n) is 2.04. The summed E-state index contributed by atoms with van der Waals surface area (Å²) >= 11 is 6.17. The molecule has 9 heteroatoms. The van der Waals surface area contributed by atoms with Crippen LogP contribution in [0.2, 0.25) is 5.02 Å². The van der Waals surface area contributed by atoms with Gasteiger partial charge >= 0.3 is 0 Å². The molecule has 0 amide bonds. The first kappa shape index (κ1) is 14.3. The lowest BCUT2D eigenvalue weighted by atomic mass is 10.2. The fraction of sp³-hybridized carbons (Fsp3) is 0.231. The van der Waals surface area contributed by atoms with Gasteiger partial charge in [0.05, 0.1) is 24.9 Å². The smallest absolute Gasteiger partial charge is 0.275 e. The highest BCUT2D eigenvalue weighted by atomic mass is 35.5. The van der Waals surface area contributed by atoms with Crippen molar-refractivity contribution in [3.8, 4) is 11.5 Å². The second-order valence-electron chi connectivity index (χ2n) is 4.49. The van der Waals surface area contributed by atoms with E-state index in [2.05, 4.69) is 25.8 Å². The van der Waals surface area contributed by atoms with E-state index in [1.54, 1.807) is 26.4 Å². The molecule has 0 saturated carbocycles. The van der Waals surface area contributed by atoms with E-state index >= 15 is 0 Å². The number of aromatic nitrogens is 5. The highest BCUT2D eigenvalue weighted by Gasteiger charge is 2.13. The molecule has 0 spiro atoms. The Kier molecular flexibility index (Phi) is 3.68. The average Bonchev–Trinajstić information content (AvgIpc) is 2.96. The number of nitrogens with zero attached hydrogens (tertiary/aromatic N) is 5. The summed E-state index contributed by atoms with van der Waals surface area (Å²) in [5.74, 6) is 2.16. The molecule has 0 aliphatic carbocycles. The van der Waals surface area contributed by atoms with Gasteiger partial charge in [0, 0.05) is 17.8 Å². The predicted molar refractivity (Wildman–Crippen MR) is 81.2 cm³/mol. The molecule has 1 N–H and O–H groups in total. The first-order valence-electron chi connectivity index (χ1n) is 6.36. The lowest BCUT2D eigenvalue weighted by molar-refractivity contribution is 0.396. The van der Waals surface area contributed by atoms with Gasteiger partial charge < -0.3 is 14.8 Å². The monoisotopic (exact) mass is 320 g/mol. The topological polar surface area (TPSA) is 86.5 Å². The zero-order chi connectivity index (χ0) is 15.7. The van der Waals surface area contributed by atoms with Gasteiger partial charge in [0.15, 0.2) is 0 Å². The number of anilines is 2. The normalized spacial score (nSPS) is 10.7. The molecule has 114 valence electrons. The van der Waals surface area contributed by atoms with Crippen LogP contribution < -0.4 is 14.8 Å². The lowest BCUT2D eigenvalue weighted by Crippen LogP contribution is -2.04. The zero-order valence-electron chi connectivity index (χ0n) is 12.2. The van der Waals surface area contributed by atoms with E-state index in [9.17, 15) is 0 Å². The second-order valence-corrected chi connectivity index (χ2v) is 4.89. The standard InChI is InChI=1S/C13H13ClN6O2/c1-7-4-12(20-13(15-7)17-18-19-20)16-9-5-8(14)10(21-2)6-11(9)22-3/h4-6,16H,1-3H3. The number of hydrogen-bond donors (Lipinski definition) is 1. The van der Waals surface area contributed by atoms with Crippen LogP contribution in [0, 0.1) is 6.92 Å². The SMILES string of the molecule is COc1cc(OC)c(Nc2cc(C)nc3nnnn23)cc1Cl. The van der Waals surface area contributed by atoms with E-state index in [1.165, 1.54) is 4.52 Å². The number of methoxy groups -OCH3 is 2. The van der Waals surface area contributed by atoms with Crippen LogP contribution in [0.3, 0.4) is 0 Å². The summed E-state index contributed by atoms with van der Waals surface area (Å²) in [6.45, 7) is 1.86. The molecule has 0 atom stereocenters. The van der Waals surface area contributed by atoms with Crippen LogP contribution in [0.4, 0.5) is 11.5 Å². The number of fused-ring (bicyclic) bond motifs is 1. The highest BCUT2D eigenvalue weighted by molar-refractivity contribution is 6.32. The van der Waals surface area contributed by atoms with E-state index in [0.717, 1.165) is 5.69 Å². The van der Waals surface area contributed by atoms with Crippen molar-refractivity contribution in [2.24, 2.45) is 0 Å². The molecule has 0 aliphatic rings. The van der Waals surface area contributed by atoms with Crippen molar-refractivity contribution in [3.63, 3.8) is 0 Å². The molecule has 0 aliphatic heterocycles. The minimum Gasteiger partial charge on any atom is -0.495 e. The summed E-state index contributed by atoms with van der Waals surface area (Å²) in [6.07, 6.45) is 0. The Bertz CT molecular complexity index is 835. The van der Waals surface area contributed by atoms with Gasteiger partial charge in [-0.15, -0.1) is 0 Å². The number of aryl methyl sites for hydroxylation is 1. The van der Waals surface area contributed by atoms with Crippen LogP contribution in [0.25, 0.3) is 5.78 Å². The molecule has 2 aromatic heterocycles. The van der Waals surface area contributed by atoms with E-state index < -0.39 is 0 Å². The first-order valence-corrected chi connectivity index (χ1v) is 6.74. The number of benzene rings is 1. The van der Waals surface area contributed by atoms with E-state index in [1.807, 2.05) is 13.0 Å². The number of tetrazole rings is 1. The Morgan fingerprint density at radius 2 is 1.91 bits per heavy atom. The summed E-state index contributed by atoms with van der Waals surface area (Å²) in [5.41, 5.74) is 1.44. The van der Waals surface area contributed by atoms with Crippen LogP contribution >= 0.6 is 11.6 Å². The molecule has 0 saturated heterocycles. The van der Waals surface area contributed by atoms with Crippen molar-refractivity contribution in [1.82, 2.24) is 25.0 Å². The molecule has 3 aromatic rings. The number of nitrogens with one attached hydrogen (secondary N) is 1. The number of hydrogen-bond acceptors (Lipinski definition) is 7. The highest BCUT2D eigenvalue weighted by Crippen LogP contribution is 2.37. The molecular formula is C13H13ClN6O2. The summed E-state index contributed by atoms with van der Waals surface area (Å²) in [7, 11) is 3.11. The van der Waals surface area contributed by atoms with Crippen LogP contribution in [-0.4, -0.2) is 39.2 Å². The molecule has 0 fully saturated rings. The van der Waals surface area contributed by atoms with Crippen LogP contribution in [0.15, 0.2) is 18.2 Å². The average molecular weight is 321 g/mol. The minimum absolute atomic E-state index is 0.404. The molecule has 0 bridgehead atoms. The number of rotatable bonds is 4. The van der Waals surface area contributed by atoms with Gasteiger partial charge in [-0.1, -0.05) is 16.7 Å². The molecular weight excluding hydrogens is 308 g/mol. The van der Waals surface area contributed by atoms with E-state index in [0.29, 0.717) is 33.8 Å². The summed E-state index contributed by atoms with van der Waals surface area (Å²) in [5, 5.41) is 15.0. The zero-order valence-corrected chi connectivity index (χ0v) is 12.9. The molecule has 1 aromatic carbocycles. The number of ether oxygens (including phenoxy) is 2. The van der Waals surface area contributed by atoms with Crippen LogP contribution in [0.5, 0.6) is 11.5 Å². The van der Waals surface area contributed by atoms with Gasteiger partial charge in [-0.3, -0.25) is 0 Å². The van der Waals surface area contributed by atoms with Gasteiger partial charge in [0.25, 0.3) is 5.78 Å². The Morgan fingerprint density at radius 3 is 2.64 bits per heavy atom. The Morgan fingerprint density at radius 1 is 1.14 bits per heavy atom. The molecule has 22 heavy (non-hydrogen) atoms. The van der Waals surface area contributed by atoms with Crippen molar-refractivity contribution < 1.29 is 9.47 Å². The van der Waals surface area contributed by atoms with Crippen LogP contribution in [0.1, 0.15) is 5.69 Å². The van der Waals surface area contributed by atoms with Gasteiger partial charge in [-0.05, 0) is 23.4 Å². The van der Waals surface area contributed by atoms with Crippen molar-refractivity contribution in [1.29, 1.82) is 0 Å². The van der Waals surface area contributed by atoms with Crippen LogP contribution in [-0.2, 0) is 0 Å². The summed E-state index contributed by atoms with van der Waals surface area (Å²) < 4.78 is 12.0. The predicted octanol–water partition coefficient (Wildman–Crippen LogP) is 2.24. The van der Waals surface area contributed by atoms with E-state index in [4.69, 9.17) is 21.1 Å². The van der Waals surface area contributed by atoms with Gasteiger partial charge in [0.2, 0.25) is 0 Å². The van der Waals surface area contributed by atoms with E-state index in [-0.39, 0.29) is 0 Å². The minimum atomic E-state index is 0.404. The second kappa shape index (κ2) is 5.64. The Labute approximate surface area is 131 Å². The molecule has 3 rings (SSSR count). The van der Waals surface area contributed by atoms with Gasteiger partial charge in [0.1, 0.15) is 17.3 Å². The summed E-state index contributed by atoms with van der Waals surface area (Å²) in [4.78, 5) is 4.23. The molecule has 0 unspecified atom stereocenters. The summed E-state index contributed by atoms with van der Waals surface area (Å²) in [6, 6.07) is 5.24. The largest absolute Gasteiger partial charge is 0.495 e. The maximum absolute atomic E-state index is 6.17. The first-order chi connectivity index (χ1) is 10.6. The van der Waals surface area contributed by atoms with Crippen molar-refractivity contribution in [2.75, 3.05) is 19.5 Å². The number of halogens is 1. The van der Waals surface area contributed by atoms with Crippen molar-refractivity contribution in [2.45, 2.75) is 6.92 Å². The molecule has 2 heterocycles. The fourth-order valence-corrected chi connectivity index (χ4v) is 2.28. The maximum atomic E-state index is 6.17. The Balaban J connectivity index is 2.08. The van der Waals surface area contributed by atoms with Gasteiger partial charge in [-0.2, -0.15) is 4.52 Å². The third-order valence-electron chi connectivity index (χ3n) is 3.04. The third-order valence-corrected chi connectivity index (χ3v) is 3.34. The lowest BCUT2D eigenvalue weighted by Gasteiger charge is -2.14. The van der Waals surface area contributed by atoms with Gasteiger partial charge in [-0.25, -0.2) is 4.98 Å². The Hall–Kier alpha value is -2.61. The van der Waals surface area contributed by atoms with Crippen molar-refractivity contribution >= 4 is 28.9 Å². The third kappa shape index (κ3) is 2.48.